The second-order valence-electron chi connectivity index (χ2n) is 4.48. The van der Waals surface area contributed by atoms with E-state index in [1.165, 1.54) is 7.11 Å². The number of hydrogen-bond acceptors (Lipinski definition) is 4. The Morgan fingerprint density at radius 3 is 2.58 bits per heavy atom. The summed E-state index contributed by atoms with van der Waals surface area (Å²) >= 11 is 4.87. The first-order chi connectivity index (χ1) is 9.02. The maximum atomic E-state index is 11.4. The van der Waals surface area contributed by atoms with E-state index in [0.717, 1.165) is 24.2 Å². The van der Waals surface area contributed by atoms with Crippen LogP contribution in [0.1, 0.15) is 17.5 Å². The summed E-state index contributed by atoms with van der Waals surface area (Å²) in [4.78, 5) is 14.0. The van der Waals surface area contributed by atoms with E-state index in [-0.39, 0.29) is 5.97 Å². The topological polar surface area (TPSA) is 55.6 Å². The van der Waals surface area contributed by atoms with Crippen molar-refractivity contribution in [2.24, 2.45) is 5.73 Å². The normalized spacial score (nSPS) is 10.5. The lowest BCUT2D eigenvalue weighted by Crippen LogP contribution is -2.24. The van der Waals surface area contributed by atoms with E-state index in [1.807, 2.05) is 31.3 Å². The molecule has 4 nitrogen and oxygen atoms in total. The Balaban J connectivity index is 2.66. The van der Waals surface area contributed by atoms with Crippen molar-refractivity contribution in [3.63, 3.8) is 0 Å². The molecule has 0 heterocycles. The van der Waals surface area contributed by atoms with Gasteiger partial charge in [-0.15, -0.1) is 0 Å². The summed E-state index contributed by atoms with van der Waals surface area (Å²) in [5.74, 6) is -0.224. The minimum absolute atomic E-state index is 0.224. The molecule has 19 heavy (non-hydrogen) atoms. The summed E-state index contributed by atoms with van der Waals surface area (Å²) in [6.45, 7) is 1.57. The molecule has 1 aromatic carbocycles. The van der Waals surface area contributed by atoms with Gasteiger partial charge in [0.2, 0.25) is 0 Å². The summed E-state index contributed by atoms with van der Waals surface area (Å²) in [6, 6.07) is 7.87. The number of nitrogens with zero attached hydrogens (tertiary/aromatic N) is 1. The molecule has 104 valence electrons. The minimum atomic E-state index is -0.224. The molecule has 0 aliphatic carbocycles. The maximum absolute atomic E-state index is 11.4. The van der Waals surface area contributed by atoms with Crippen LogP contribution >= 0.6 is 12.2 Å². The molecule has 5 heteroatoms. The molecule has 0 fully saturated rings. The van der Waals surface area contributed by atoms with Crippen molar-refractivity contribution in [2.45, 2.75) is 19.4 Å². The third kappa shape index (κ3) is 5.81. The quantitative estimate of drug-likeness (QED) is 0.606. The van der Waals surface area contributed by atoms with Gasteiger partial charge < -0.3 is 15.4 Å². The Morgan fingerprint density at radius 2 is 2.00 bits per heavy atom. The van der Waals surface area contributed by atoms with Crippen LogP contribution in [0.4, 0.5) is 0 Å². The van der Waals surface area contributed by atoms with E-state index >= 15 is 0 Å². The minimum Gasteiger partial charge on any atom is -0.469 e. The van der Waals surface area contributed by atoms with Crippen LogP contribution in [0.15, 0.2) is 24.3 Å². The molecular formula is C14H20N2O2S. The van der Waals surface area contributed by atoms with E-state index < -0.39 is 0 Å². The van der Waals surface area contributed by atoms with Gasteiger partial charge in [0.1, 0.15) is 0 Å². The number of nitrogens with two attached hydrogens (primary N) is 1. The van der Waals surface area contributed by atoms with Crippen molar-refractivity contribution >= 4 is 23.2 Å². The zero-order valence-electron chi connectivity index (χ0n) is 11.4. The molecule has 0 saturated heterocycles. The predicted molar refractivity (Wildman–Crippen MR) is 79.9 cm³/mol. The highest BCUT2D eigenvalue weighted by molar-refractivity contribution is 7.80. The lowest BCUT2D eigenvalue weighted by molar-refractivity contribution is -0.139. The second kappa shape index (κ2) is 7.86. The van der Waals surface area contributed by atoms with Crippen LogP contribution in [0.3, 0.4) is 0 Å². The van der Waals surface area contributed by atoms with E-state index in [2.05, 4.69) is 4.90 Å². The van der Waals surface area contributed by atoms with Crippen LogP contribution in [0.25, 0.3) is 0 Å². The van der Waals surface area contributed by atoms with E-state index in [1.54, 1.807) is 0 Å². The number of thiocarbonyl (C=S) groups is 1. The van der Waals surface area contributed by atoms with E-state index in [9.17, 15) is 4.79 Å². The zero-order valence-corrected chi connectivity index (χ0v) is 12.2. The van der Waals surface area contributed by atoms with Crippen LogP contribution in [-0.2, 0) is 22.5 Å². The van der Waals surface area contributed by atoms with E-state index in [0.29, 0.717) is 17.8 Å². The number of benzene rings is 1. The third-order valence-electron chi connectivity index (χ3n) is 2.86. The smallest absolute Gasteiger partial charge is 0.309 e. The van der Waals surface area contributed by atoms with Gasteiger partial charge in [0.05, 0.1) is 18.5 Å². The Kier molecular flexibility index (Phi) is 6.45. The van der Waals surface area contributed by atoms with Gasteiger partial charge in [-0.3, -0.25) is 4.79 Å². The molecule has 0 saturated carbocycles. The fourth-order valence-electron chi connectivity index (χ4n) is 1.78. The highest BCUT2D eigenvalue weighted by atomic mass is 32.1. The summed E-state index contributed by atoms with van der Waals surface area (Å²) in [5.41, 5.74) is 7.61. The molecule has 0 spiro atoms. The number of carbonyl (C=O) groups is 1. The number of esters is 1. The molecule has 0 atom stereocenters. The Labute approximate surface area is 119 Å². The molecule has 0 aromatic heterocycles. The SMILES string of the molecule is COC(=O)Cc1ccccc1CN(C)CCC(N)=S. The molecule has 1 rings (SSSR count). The van der Waals surface area contributed by atoms with Gasteiger partial charge >= 0.3 is 5.97 Å². The van der Waals surface area contributed by atoms with Gasteiger partial charge in [-0.1, -0.05) is 36.5 Å². The molecule has 0 amide bonds. The monoisotopic (exact) mass is 280 g/mol. The highest BCUT2D eigenvalue weighted by Crippen LogP contribution is 2.12. The highest BCUT2D eigenvalue weighted by Gasteiger charge is 2.09. The maximum Gasteiger partial charge on any atom is 0.309 e. The van der Waals surface area contributed by atoms with Crippen LogP contribution in [-0.4, -0.2) is 36.6 Å². The van der Waals surface area contributed by atoms with Crippen molar-refractivity contribution in [1.82, 2.24) is 4.90 Å². The van der Waals surface area contributed by atoms with Gasteiger partial charge in [-0.05, 0) is 18.2 Å². The van der Waals surface area contributed by atoms with Gasteiger partial charge in [0.15, 0.2) is 0 Å². The van der Waals surface area contributed by atoms with Crippen LogP contribution < -0.4 is 5.73 Å². The van der Waals surface area contributed by atoms with Gasteiger partial charge in [0.25, 0.3) is 0 Å². The third-order valence-corrected chi connectivity index (χ3v) is 3.07. The fraction of sp³-hybridized carbons (Fsp3) is 0.429. The van der Waals surface area contributed by atoms with Crippen molar-refractivity contribution < 1.29 is 9.53 Å². The molecule has 0 unspecified atom stereocenters. The van der Waals surface area contributed by atoms with Crippen molar-refractivity contribution in [3.8, 4) is 0 Å². The predicted octanol–water partition coefficient (Wildman–Crippen LogP) is 1.51. The van der Waals surface area contributed by atoms with Gasteiger partial charge in [-0.25, -0.2) is 0 Å². The number of methoxy groups -OCH3 is 1. The van der Waals surface area contributed by atoms with Crippen LogP contribution in [0.2, 0.25) is 0 Å². The van der Waals surface area contributed by atoms with Crippen molar-refractivity contribution in [2.75, 3.05) is 20.7 Å². The zero-order chi connectivity index (χ0) is 14.3. The Hall–Kier alpha value is -1.46. The number of hydrogen-bond donors (Lipinski definition) is 1. The molecule has 2 N–H and O–H groups in total. The van der Waals surface area contributed by atoms with Gasteiger partial charge in [-0.2, -0.15) is 0 Å². The van der Waals surface area contributed by atoms with E-state index in [4.69, 9.17) is 22.7 Å². The number of rotatable bonds is 7. The second-order valence-corrected chi connectivity index (χ2v) is 5.00. The lowest BCUT2D eigenvalue weighted by atomic mass is 10.0. The first kappa shape index (κ1) is 15.6. The summed E-state index contributed by atoms with van der Waals surface area (Å²) in [6.07, 6.45) is 1.00. The van der Waals surface area contributed by atoms with Gasteiger partial charge in [0, 0.05) is 19.5 Å². The average Bonchev–Trinajstić information content (AvgIpc) is 2.38. The number of ether oxygens (including phenoxy) is 1. The molecule has 0 bridgehead atoms. The summed E-state index contributed by atoms with van der Waals surface area (Å²) in [5, 5.41) is 0. The molecule has 0 radical (unpaired) electrons. The largest absolute Gasteiger partial charge is 0.469 e. The summed E-state index contributed by atoms with van der Waals surface area (Å²) in [7, 11) is 3.41. The van der Waals surface area contributed by atoms with Crippen molar-refractivity contribution in [1.29, 1.82) is 0 Å². The Morgan fingerprint density at radius 1 is 1.37 bits per heavy atom. The molecule has 0 aliphatic heterocycles. The first-order valence-corrected chi connectivity index (χ1v) is 6.54. The summed E-state index contributed by atoms with van der Waals surface area (Å²) < 4.78 is 4.71. The molecule has 1 aromatic rings. The lowest BCUT2D eigenvalue weighted by Gasteiger charge is -2.18. The number of carbonyl (C=O) groups excluding carboxylic acids is 1. The van der Waals surface area contributed by atoms with Crippen molar-refractivity contribution in [3.05, 3.63) is 35.4 Å². The first-order valence-electron chi connectivity index (χ1n) is 6.13. The Bertz CT molecular complexity index is 449. The molecular weight excluding hydrogens is 260 g/mol. The molecule has 0 aliphatic rings. The average molecular weight is 280 g/mol. The van der Waals surface area contributed by atoms with Crippen LogP contribution in [0.5, 0.6) is 0 Å². The standard InChI is InChI=1S/C14H20N2O2S/c1-16(8-7-13(15)19)10-12-6-4-3-5-11(12)9-14(17)18-2/h3-6H,7-10H2,1-2H3,(H2,15,19). The van der Waals surface area contributed by atoms with Crippen LogP contribution in [0, 0.1) is 0 Å². The fourth-order valence-corrected chi connectivity index (χ4v) is 1.87.